The van der Waals surface area contributed by atoms with Gasteiger partial charge in [0.1, 0.15) is 0 Å². The van der Waals surface area contributed by atoms with E-state index in [1.807, 2.05) is 12.1 Å². The van der Waals surface area contributed by atoms with Crippen LogP contribution in [0.15, 0.2) is 193 Å². The molecule has 454 valence electrons. The van der Waals surface area contributed by atoms with Gasteiger partial charge in [-0.25, -0.2) is 4.90 Å². The number of imide groups is 1. The van der Waals surface area contributed by atoms with Crippen molar-refractivity contribution in [3.8, 4) is 0 Å². The normalized spacial score (nSPS) is 14.7. The van der Waals surface area contributed by atoms with Crippen LogP contribution in [0.5, 0.6) is 0 Å². The van der Waals surface area contributed by atoms with Gasteiger partial charge in [-0.2, -0.15) is 0 Å². The first-order valence-electron chi connectivity index (χ1n) is 33.6. The number of para-hydroxylation sites is 1. The summed E-state index contributed by atoms with van der Waals surface area (Å²) in [4.78, 5) is 34.7. The summed E-state index contributed by atoms with van der Waals surface area (Å²) >= 11 is 0. The number of fused-ring (bicyclic) bond motifs is 7. The Bertz CT molecular complexity index is 5440. The zero-order valence-electron chi connectivity index (χ0n) is 55.1. The summed E-state index contributed by atoms with van der Waals surface area (Å²) in [5, 5.41) is 18.5. The highest BCUT2D eigenvalue weighted by Gasteiger charge is 2.39. The number of carbonyl (C=O) groups is 2. The number of rotatable bonds is 11. The molecule has 0 radical (unpaired) electrons. The van der Waals surface area contributed by atoms with Gasteiger partial charge in [0.05, 0.1) is 28.1 Å². The molecular formula is C87H79N3O2. The van der Waals surface area contributed by atoms with Gasteiger partial charge in [0.2, 0.25) is 0 Å². The summed E-state index contributed by atoms with van der Waals surface area (Å²) < 4.78 is 2.62. The Morgan fingerprint density at radius 3 is 1.86 bits per heavy atom. The van der Waals surface area contributed by atoms with Gasteiger partial charge in [0.15, 0.2) is 0 Å². The molecule has 1 aromatic heterocycles. The molecule has 16 rings (SSSR count). The van der Waals surface area contributed by atoms with E-state index in [1.165, 1.54) is 110 Å². The van der Waals surface area contributed by atoms with Crippen molar-refractivity contribution in [2.45, 2.75) is 132 Å². The second-order valence-corrected chi connectivity index (χ2v) is 29.4. The third-order valence-corrected chi connectivity index (χ3v) is 20.8. The molecule has 5 nitrogen and oxygen atoms in total. The number of nitrogens with zero attached hydrogens (tertiary/aromatic N) is 3. The second-order valence-electron chi connectivity index (χ2n) is 29.4. The van der Waals surface area contributed by atoms with Gasteiger partial charge < -0.3 is 9.47 Å². The van der Waals surface area contributed by atoms with Gasteiger partial charge in [-0.05, 0) is 187 Å². The topological polar surface area (TPSA) is 45.6 Å². The van der Waals surface area contributed by atoms with Crippen LogP contribution in [0.3, 0.4) is 0 Å². The molecule has 2 aliphatic carbocycles. The fourth-order valence-corrected chi connectivity index (χ4v) is 16.1. The van der Waals surface area contributed by atoms with Crippen LogP contribution in [-0.4, -0.2) is 16.4 Å². The first-order valence-corrected chi connectivity index (χ1v) is 33.6. The van der Waals surface area contributed by atoms with Crippen LogP contribution in [-0.2, 0) is 18.4 Å². The van der Waals surface area contributed by atoms with E-state index in [4.69, 9.17) is 0 Å². The molecule has 0 N–H and O–H groups in total. The van der Waals surface area contributed by atoms with Crippen LogP contribution in [0.2, 0.25) is 0 Å². The minimum absolute atomic E-state index is 0.00287. The lowest BCUT2D eigenvalue weighted by Gasteiger charge is -2.32. The number of unbranched alkanes of at least 4 members (excludes halogenated alkanes) is 3. The number of anilines is 4. The molecule has 2 heterocycles. The monoisotopic (exact) mass is 1200 g/mol. The van der Waals surface area contributed by atoms with Crippen molar-refractivity contribution in [1.82, 2.24) is 4.57 Å². The SMILES string of the molecule is C=C1C=Cc2c(N(c3ccc4c5c6cccc7c8ccc9c%10c(ccc(c(cc5n(CCCCCC)c4c3)c76)c%108)C(=O)N(c3c(C(C)C)cccc3C(C)C)C9=O)c3ccc4ccc5cc(C(C)(C)C)cc6ccc3c4c56)ccc3c2CC(=CC(C(C)(C)C)=C1)C=C3. The Balaban J connectivity index is 0.952. The summed E-state index contributed by atoms with van der Waals surface area (Å²) in [5.41, 5.74) is 18.1. The summed E-state index contributed by atoms with van der Waals surface area (Å²) in [6, 6.07) is 54.6. The molecule has 0 saturated carbocycles. The van der Waals surface area contributed by atoms with Crippen molar-refractivity contribution in [1.29, 1.82) is 0 Å². The van der Waals surface area contributed by atoms with Crippen LogP contribution in [0.25, 0.3) is 109 Å². The molecule has 2 bridgehead atoms. The standard InChI is InChI=1S/C87H79N3O2/c1-13-14-15-16-41-88-75-47-59(31-34-67(75)80-68-22-18-21-63-64-35-37-69-82-70(38-36-65(81(64)82)72(79(63)68)48-76(80)88)85(92)90(84(69)91)83-60(49(2)3)19-17-20-61(83)50(4)5)89(73-39-29-53-25-24-52-43-57(86(7,8)9)42-51(6)23-32-62(73)71(53)44-52)74-40-30-54-26-27-55-45-58(87(10,11)12)46-56-28-33-66(74)78(54)77(55)56/h17-40,42-43,45-50H,6,13-16,41,44H2,1-5,7-12H3. The van der Waals surface area contributed by atoms with Crippen LogP contribution in [0, 0.1) is 5.41 Å². The molecule has 0 atom stereocenters. The predicted octanol–water partition coefficient (Wildman–Crippen LogP) is 24.2. The van der Waals surface area contributed by atoms with Crippen molar-refractivity contribution in [2.75, 3.05) is 9.80 Å². The van der Waals surface area contributed by atoms with E-state index >= 15 is 9.59 Å². The van der Waals surface area contributed by atoms with Crippen LogP contribution >= 0.6 is 0 Å². The molecule has 3 aliphatic rings. The molecule has 92 heavy (non-hydrogen) atoms. The first-order chi connectivity index (χ1) is 44.3. The zero-order chi connectivity index (χ0) is 63.5. The van der Waals surface area contributed by atoms with E-state index in [1.54, 1.807) is 0 Å². The lowest BCUT2D eigenvalue weighted by atomic mass is 9.81. The van der Waals surface area contributed by atoms with Gasteiger partial charge >= 0.3 is 0 Å². The van der Waals surface area contributed by atoms with Gasteiger partial charge in [-0.1, -0.05) is 242 Å². The summed E-state index contributed by atoms with van der Waals surface area (Å²) in [5.74, 6) is -0.323. The van der Waals surface area contributed by atoms with Crippen molar-refractivity contribution < 1.29 is 9.59 Å². The Hall–Kier alpha value is -9.58. The fraction of sp³-hybridized carbons (Fsp3) is 0.241. The molecule has 0 unspecified atom stereocenters. The van der Waals surface area contributed by atoms with E-state index < -0.39 is 0 Å². The predicted molar refractivity (Wildman–Crippen MR) is 394 cm³/mol. The van der Waals surface area contributed by atoms with E-state index in [0.29, 0.717) is 11.1 Å². The number of benzene rings is 12. The average Bonchev–Trinajstić information content (AvgIpc) is 1.13. The molecule has 2 amide bonds. The van der Waals surface area contributed by atoms with Gasteiger partial charge in [0, 0.05) is 50.5 Å². The Morgan fingerprint density at radius 2 is 1.15 bits per heavy atom. The molecule has 13 aromatic rings. The largest absolute Gasteiger partial charge is 0.340 e. The second kappa shape index (κ2) is 21.0. The van der Waals surface area contributed by atoms with Gasteiger partial charge in [-0.15, -0.1) is 0 Å². The number of aromatic nitrogens is 1. The molecule has 12 aromatic carbocycles. The van der Waals surface area contributed by atoms with Gasteiger partial charge in [-0.3, -0.25) is 9.59 Å². The number of hydrogen-bond donors (Lipinski definition) is 0. The summed E-state index contributed by atoms with van der Waals surface area (Å²) in [6.45, 7) is 30.1. The van der Waals surface area contributed by atoms with Crippen molar-refractivity contribution in [3.63, 3.8) is 0 Å². The maximum atomic E-state index is 15.3. The number of aryl methyl sites for hydroxylation is 1. The molecule has 5 heteroatoms. The number of allylic oxidation sites excluding steroid dienone is 7. The minimum atomic E-state index is -0.266. The lowest BCUT2D eigenvalue weighted by Crippen LogP contribution is -2.41. The quantitative estimate of drug-likeness (QED) is 0.0561. The Labute approximate surface area is 540 Å². The highest BCUT2D eigenvalue weighted by atomic mass is 16.2. The average molecular weight is 1200 g/mol. The molecular weight excluding hydrogens is 1120 g/mol. The number of carbonyl (C=O) groups excluding carboxylic acids is 2. The van der Waals surface area contributed by atoms with Crippen LogP contribution in [0.1, 0.15) is 168 Å². The van der Waals surface area contributed by atoms with E-state index in [2.05, 4.69) is 262 Å². The fourth-order valence-electron chi connectivity index (χ4n) is 16.1. The highest BCUT2D eigenvalue weighted by Crippen LogP contribution is 2.52. The first kappa shape index (κ1) is 57.6. The van der Waals surface area contributed by atoms with E-state index in [9.17, 15) is 0 Å². The lowest BCUT2D eigenvalue weighted by molar-refractivity contribution is 0.0892. The molecule has 0 saturated heterocycles. The number of hydrogen-bond acceptors (Lipinski definition) is 3. The van der Waals surface area contributed by atoms with E-state index in [0.717, 1.165) is 104 Å². The third kappa shape index (κ3) is 8.70. The smallest absolute Gasteiger partial charge is 0.266 e. The van der Waals surface area contributed by atoms with Gasteiger partial charge in [0.25, 0.3) is 11.8 Å². The molecule has 0 spiro atoms. The number of amides is 2. The maximum absolute atomic E-state index is 15.3. The van der Waals surface area contributed by atoms with Crippen LogP contribution in [0.4, 0.5) is 22.7 Å². The summed E-state index contributed by atoms with van der Waals surface area (Å²) in [6.07, 6.45) is 19.1. The van der Waals surface area contributed by atoms with E-state index in [-0.39, 0.29) is 34.5 Å². The maximum Gasteiger partial charge on any atom is 0.266 e. The van der Waals surface area contributed by atoms with Crippen molar-refractivity contribution >= 4 is 144 Å². The van der Waals surface area contributed by atoms with Crippen molar-refractivity contribution in [2.24, 2.45) is 5.41 Å². The zero-order valence-corrected chi connectivity index (χ0v) is 55.1. The van der Waals surface area contributed by atoms with Crippen LogP contribution < -0.4 is 9.80 Å². The van der Waals surface area contributed by atoms with Crippen molar-refractivity contribution in [3.05, 3.63) is 238 Å². The minimum Gasteiger partial charge on any atom is -0.340 e. The third-order valence-electron chi connectivity index (χ3n) is 20.8. The Morgan fingerprint density at radius 1 is 0.511 bits per heavy atom. The summed E-state index contributed by atoms with van der Waals surface area (Å²) in [7, 11) is 0. The molecule has 1 aliphatic heterocycles. The highest BCUT2D eigenvalue weighted by molar-refractivity contribution is 6.44. The molecule has 0 fully saturated rings. The Kier molecular flexibility index (Phi) is 13.1.